The Labute approximate surface area is 55.9 Å². The molecule has 0 aromatic rings. The minimum Gasteiger partial charge on any atom is -0.376 e. The lowest BCUT2D eigenvalue weighted by molar-refractivity contribution is -0.212. The first kappa shape index (κ1) is 8.88. The van der Waals surface area contributed by atoms with Gasteiger partial charge in [-0.15, -0.1) is 0 Å². The van der Waals surface area contributed by atoms with E-state index in [4.69, 9.17) is 10.3 Å². The van der Waals surface area contributed by atoms with E-state index in [0.29, 0.717) is 0 Å². The summed E-state index contributed by atoms with van der Waals surface area (Å²) in [6.45, 7) is 5.55. The fourth-order valence-corrected chi connectivity index (χ4v) is 0.561. The molecule has 0 amide bonds. The van der Waals surface area contributed by atoms with Crippen LogP contribution in [-0.4, -0.2) is 28.7 Å². The summed E-state index contributed by atoms with van der Waals surface area (Å²) < 4.78 is 0. The molecule has 1 atom stereocenters. The van der Waals surface area contributed by atoms with Crippen LogP contribution in [0.4, 0.5) is 0 Å². The van der Waals surface area contributed by atoms with Gasteiger partial charge in [0.25, 0.3) is 0 Å². The summed E-state index contributed by atoms with van der Waals surface area (Å²) in [4.78, 5) is 0. The topological polar surface area (TPSA) is 43.7 Å². The van der Waals surface area contributed by atoms with Gasteiger partial charge in [-0.25, -0.2) is 0 Å². The highest BCUT2D eigenvalue weighted by Crippen LogP contribution is 2.19. The molecule has 0 bridgehead atoms. The Morgan fingerprint density at radius 2 is 1.67 bits per heavy atom. The lowest BCUT2D eigenvalue weighted by atomic mass is 9.94. The van der Waals surface area contributed by atoms with Crippen molar-refractivity contribution >= 4 is 0 Å². The molecule has 0 spiro atoms. The monoisotopic (exact) mass is 133 g/mol. The summed E-state index contributed by atoms with van der Waals surface area (Å²) >= 11 is 0. The molecule has 0 heterocycles. The highest BCUT2D eigenvalue weighted by Gasteiger charge is 2.24. The van der Waals surface area contributed by atoms with Gasteiger partial charge in [0.1, 0.15) is 6.23 Å². The number of hydrogen-bond donors (Lipinski definition) is 2. The van der Waals surface area contributed by atoms with Crippen LogP contribution in [0.1, 0.15) is 20.8 Å². The minimum atomic E-state index is -0.794. The molecule has 3 nitrogen and oxygen atoms in total. The van der Waals surface area contributed by atoms with Crippen molar-refractivity contribution in [1.29, 1.82) is 0 Å². The van der Waals surface area contributed by atoms with Gasteiger partial charge < -0.3 is 10.3 Å². The van der Waals surface area contributed by atoms with Crippen molar-refractivity contribution in [3.8, 4) is 0 Å². The van der Waals surface area contributed by atoms with Gasteiger partial charge in [-0.2, -0.15) is 5.06 Å². The second-order valence-corrected chi connectivity index (χ2v) is 3.31. The number of aliphatic hydroxyl groups excluding tert-OH is 1. The predicted octanol–water partition coefficient (Wildman–Crippen LogP) is 0.672. The van der Waals surface area contributed by atoms with Crippen molar-refractivity contribution in [2.24, 2.45) is 5.41 Å². The Hall–Kier alpha value is -0.120. The Balaban J connectivity index is 3.88. The van der Waals surface area contributed by atoms with Gasteiger partial charge in [-0.05, 0) is 0 Å². The number of rotatable bonds is 1. The third kappa shape index (κ3) is 2.79. The van der Waals surface area contributed by atoms with Crippen molar-refractivity contribution in [3.05, 3.63) is 0 Å². The van der Waals surface area contributed by atoms with Crippen LogP contribution >= 0.6 is 0 Å². The SMILES string of the molecule is CN(O)C(O)C(C)(C)C. The van der Waals surface area contributed by atoms with E-state index in [0.717, 1.165) is 5.06 Å². The minimum absolute atomic E-state index is 0.288. The quantitative estimate of drug-likeness (QED) is 0.408. The van der Waals surface area contributed by atoms with Crippen LogP contribution in [0.3, 0.4) is 0 Å². The lowest BCUT2D eigenvalue weighted by Gasteiger charge is -2.29. The molecule has 0 aliphatic heterocycles. The zero-order valence-electron chi connectivity index (χ0n) is 6.42. The number of aliphatic hydroxyl groups is 1. The van der Waals surface area contributed by atoms with Crippen LogP contribution in [0.5, 0.6) is 0 Å². The van der Waals surface area contributed by atoms with Gasteiger partial charge >= 0.3 is 0 Å². The second-order valence-electron chi connectivity index (χ2n) is 3.31. The van der Waals surface area contributed by atoms with Crippen LogP contribution in [-0.2, 0) is 0 Å². The van der Waals surface area contributed by atoms with E-state index in [1.54, 1.807) is 0 Å². The summed E-state index contributed by atoms with van der Waals surface area (Å²) in [6.07, 6.45) is -0.794. The van der Waals surface area contributed by atoms with E-state index in [-0.39, 0.29) is 5.41 Å². The fourth-order valence-electron chi connectivity index (χ4n) is 0.561. The van der Waals surface area contributed by atoms with E-state index in [2.05, 4.69) is 0 Å². The average molecular weight is 133 g/mol. The Bertz CT molecular complexity index is 85.5. The van der Waals surface area contributed by atoms with Gasteiger partial charge in [0.15, 0.2) is 0 Å². The zero-order valence-corrected chi connectivity index (χ0v) is 6.42. The maximum atomic E-state index is 9.14. The molecule has 0 fully saturated rings. The maximum Gasteiger partial charge on any atom is 0.134 e. The highest BCUT2D eigenvalue weighted by atomic mass is 16.5. The molecule has 0 aromatic heterocycles. The van der Waals surface area contributed by atoms with Gasteiger partial charge in [0.05, 0.1) is 0 Å². The van der Waals surface area contributed by atoms with Crippen molar-refractivity contribution in [1.82, 2.24) is 5.06 Å². The molecule has 0 rings (SSSR count). The summed E-state index contributed by atoms with van der Waals surface area (Å²) in [5, 5.41) is 18.7. The molecule has 0 saturated heterocycles. The lowest BCUT2D eigenvalue weighted by Crippen LogP contribution is -2.39. The van der Waals surface area contributed by atoms with Crippen molar-refractivity contribution in [3.63, 3.8) is 0 Å². The maximum absolute atomic E-state index is 9.14. The largest absolute Gasteiger partial charge is 0.376 e. The van der Waals surface area contributed by atoms with E-state index >= 15 is 0 Å². The second kappa shape index (κ2) is 2.64. The van der Waals surface area contributed by atoms with Crippen molar-refractivity contribution in [2.45, 2.75) is 27.0 Å². The zero-order chi connectivity index (χ0) is 7.65. The standard InChI is InChI=1S/C6H15NO2/c1-6(2,3)5(8)7(4)9/h5,8-9H,1-4H3. The Kier molecular flexibility index (Phi) is 2.61. The first-order valence-electron chi connectivity index (χ1n) is 2.95. The molecule has 0 aliphatic carbocycles. The molecule has 1 unspecified atom stereocenters. The summed E-state index contributed by atoms with van der Waals surface area (Å²) in [5.74, 6) is 0. The first-order chi connectivity index (χ1) is 3.85. The average Bonchev–Trinajstić information content (AvgIpc) is 1.62. The molecular weight excluding hydrogens is 118 g/mol. The van der Waals surface area contributed by atoms with Gasteiger partial charge in [-0.1, -0.05) is 20.8 Å². The fraction of sp³-hybridized carbons (Fsp3) is 1.00. The summed E-state index contributed by atoms with van der Waals surface area (Å²) in [7, 11) is 1.43. The molecule has 9 heavy (non-hydrogen) atoms. The van der Waals surface area contributed by atoms with E-state index in [1.165, 1.54) is 7.05 Å². The number of hydrogen-bond acceptors (Lipinski definition) is 3. The van der Waals surface area contributed by atoms with Crippen LogP contribution in [0.25, 0.3) is 0 Å². The third-order valence-corrected chi connectivity index (χ3v) is 1.13. The van der Waals surface area contributed by atoms with Crippen LogP contribution in [0, 0.1) is 5.41 Å². The molecule has 0 aromatic carbocycles. The third-order valence-electron chi connectivity index (χ3n) is 1.13. The molecule has 0 radical (unpaired) electrons. The van der Waals surface area contributed by atoms with Gasteiger partial charge in [0, 0.05) is 12.5 Å². The molecule has 0 saturated carbocycles. The normalized spacial score (nSPS) is 16.3. The van der Waals surface area contributed by atoms with E-state index < -0.39 is 6.23 Å². The van der Waals surface area contributed by atoms with Gasteiger partial charge in [0.2, 0.25) is 0 Å². The number of hydroxylamine groups is 2. The molecule has 3 heteroatoms. The van der Waals surface area contributed by atoms with E-state index in [1.807, 2.05) is 20.8 Å². The van der Waals surface area contributed by atoms with Gasteiger partial charge in [-0.3, -0.25) is 0 Å². The highest BCUT2D eigenvalue weighted by molar-refractivity contribution is 4.67. The van der Waals surface area contributed by atoms with Crippen LogP contribution in [0.2, 0.25) is 0 Å². The summed E-state index contributed by atoms with van der Waals surface area (Å²) in [6, 6.07) is 0. The predicted molar refractivity (Wildman–Crippen MR) is 35.0 cm³/mol. The molecule has 56 valence electrons. The number of nitrogens with zero attached hydrogens (tertiary/aromatic N) is 1. The smallest absolute Gasteiger partial charge is 0.134 e. The Morgan fingerprint density at radius 3 is 1.67 bits per heavy atom. The van der Waals surface area contributed by atoms with Crippen molar-refractivity contribution in [2.75, 3.05) is 7.05 Å². The molecule has 2 N–H and O–H groups in total. The first-order valence-corrected chi connectivity index (χ1v) is 2.95. The van der Waals surface area contributed by atoms with Crippen molar-refractivity contribution < 1.29 is 10.3 Å². The Morgan fingerprint density at radius 1 is 1.33 bits per heavy atom. The van der Waals surface area contributed by atoms with E-state index in [9.17, 15) is 0 Å². The molecule has 0 aliphatic rings. The summed E-state index contributed by atoms with van der Waals surface area (Å²) in [5.41, 5.74) is -0.288. The molecular formula is C6H15NO2. The van der Waals surface area contributed by atoms with Crippen LogP contribution < -0.4 is 0 Å². The van der Waals surface area contributed by atoms with Crippen LogP contribution in [0.15, 0.2) is 0 Å².